The number of carbonyl (C=O) groups is 1. The van der Waals surface area contributed by atoms with E-state index >= 15 is 0 Å². The summed E-state index contributed by atoms with van der Waals surface area (Å²) in [5.74, 6) is 1.62. The van der Waals surface area contributed by atoms with E-state index in [1.165, 1.54) is 19.3 Å². The number of unbranched alkanes of at least 4 members (excludes halogenated alkanes) is 1. The third-order valence-corrected chi connectivity index (χ3v) is 3.86. The fraction of sp³-hybridized carbons (Fsp3) is 0.917. The van der Waals surface area contributed by atoms with E-state index < -0.39 is 0 Å². The minimum absolute atomic E-state index is 0.106. The Hall–Kier alpha value is -0.570. The topological polar surface area (TPSA) is 41.1 Å². The Kier molecular flexibility index (Phi) is 3.62. The van der Waals surface area contributed by atoms with Crippen molar-refractivity contribution in [2.75, 3.05) is 13.1 Å². The van der Waals surface area contributed by atoms with E-state index in [-0.39, 0.29) is 11.9 Å². The van der Waals surface area contributed by atoms with Crippen molar-refractivity contribution in [3.63, 3.8) is 0 Å². The van der Waals surface area contributed by atoms with Crippen molar-refractivity contribution >= 4 is 5.91 Å². The van der Waals surface area contributed by atoms with Gasteiger partial charge >= 0.3 is 0 Å². The third kappa shape index (κ3) is 2.33. The largest absolute Gasteiger partial charge is 0.355 e. The van der Waals surface area contributed by atoms with Gasteiger partial charge in [0.25, 0.3) is 0 Å². The molecule has 3 unspecified atom stereocenters. The first-order valence-corrected chi connectivity index (χ1v) is 6.34. The number of hydrogen-bond acceptors (Lipinski definition) is 2. The fourth-order valence-corrected chi connectivity index (χ4v) is 2.97. The van der Waals surface area contributed by atoms with Gasteiger partial charge in [0.05, 0.1) is 6.04 Å². The summed E-state index contributed by atoms with van der Waals surface area (Å²) in [6.07, 6.45) is 6.10. The van der Waals surface area contributed by atoms with Gasteiger partial charge in [-0.3, -0.25) is 4.79 Å². The normalized spacial score (nSPS) is 34.1. The highest BCUT2D eigenvalue weighted by Crippen LogP contribution is 2.37. The standard InChI is InChI=1S/C12H22N2O/c1-2-3-7-13-12(15)11-10-6-4-5-9(10)8-14-11/h9-11,14H,2-8H2,1H3,(H,13,15). The van der Waals surface area contributed by atoms with Gasteiger partial charge in [-0.25, -0.2) is 0 Å². The highest BCUT2D eigenvalue weighted by atomic mass is 16.2. The SMILES string of the molecule is CCCCNC(=O)C1NCC2CCCC21. The molecular weight excluding hydrogens is 188 g/mol. The molecule has 1 saturated heterocycles. The molecule has 0 spiro atoms. The Morgan fingerprint density at radius 2 is 2.33 bits per heavy atom. The molecule has 15 heavy (non-hydrogen) atoms. The fourth-order valence-electron chi connectivity index (χ4n) is 2.97. The van der Waals surface area contributed by atoms with E-state index in [1.807, 2.05) is 0 Å². The first kappa shape index (κ1) is 10.9. The summed E-state index contributed by atoms with van der Waals surface area (Å²) in [6.45, 7) is 4.04. The van der Waals surface area contributed by atoms with Gasteiger partial charge in [0.1, 0.15) is 0 Å². The van der Waals surface area contributed by atoms with Crippen LogP contribution in [0.25, 0.3) is 0 Å². The number of fused-ring (bicyclic) bond motifs is 1. The van der Waals surface area contributed by atoms with Crippen LogP contribution in [0.2, 0.25) is 0 Å². The average molecular weight is 210 g/mol. The molecule has 3 nitrogen and oxygen atoms in total. The molecule has 0 aromatic heterocycles. The summed E-state index contributed by atoms with van der Waals surface area (Å²) in [4.78, 5) is 11.9. The van der Waals surface area contributed by atoms with E-state index in [0.29, 0.717) is 5.92 Å². The number of carbonyl (C=O) groups excluding carboxylic acids is 1. The van der Waals surface area contributed by atoms with Gasteiger partial charge in [-0.15, -0.1) is 0 Å². The van der Waals surface area contributed by atoms with Crippen LogP contribution in [0, 0.1) is 11.8 Å². The zero-order chi connectivity index (χ0) is 10.7. The molecule has 0 aromatic carbocycles. The van der Waals surface area contributed by atoms with Crippen LogP contribution in [0.15, 0.2) is 0 Å². The molecule has 2 rings (SSSR count). The van der Waals surface area contributed by atoms with E-state index in [4.69, 9.17) is 0 Å². The zero-order valence-electron chi connectivity index (χ0n) is 9.59. The maximum Gasteiger partial charge on any atom is 0.237 e. The first-order valence-electron chi connectivity index (χ1n) is 6.34. The minimum atomic E-state index is 0.106. The quantitative estimate of drug-likeness (QED) is 0.687. The number of nitrogens with one attached hydrogen (secondary N) is 2. The van der Waals surface area contributed by atoms with Crippen LogP contribution >= 0.6 is 0 Å². The van der Waals surface area contributed by atoms with Crippen molar-refractivity contribution in [2.24, 2.45) is 11.8 Å². The van der Waals surface area contributed by atoms with Crippen LogP contribution in [0.1, 0.15) is 39.0 Å². The molecule has 2 N–H and O–H groups in total. The molecular formula is C12H22N2O. The van der Waals surface area contributed by atoms with Gasteiger partial charge in [0.2, 0.25) is 5.91 Å². The Morgan fingerprint density at radius 3 is 3.13 bits per heavy atom. The molecule has 86 valence electrons. The van der Waals surface area contributed by atoms with Crippen molar-refractivity contribution in [3.05, 3.63) is 0 Å². The smallest absolute Gasteiger partial charge is 0.237 e. The first-order chi connectivity index (χ1) is 7.33. The van der Waals surface area contributed by atoms with Crippen molar-refractivity contribution in [2.45, 2.75) is 45.1 Å². The predicted molar refractivity (Wildman–Crippen MR) is 60.5 cm³/mol. The van der Waals surface area contributed by atoms with Crippen LogP contribution in [-0.2, 0) is 4.79 Å². The van der Waals surface area contributed by atoms with Gasteiger partial charge < -0.3 is 10.6 Å². The lowest BCUT2D eigenvalue weighted by molar-refractivity contribution is -0.123. The lowest BCUT2D eigenvalue weighted by Gasteiger charge is -2.17. The minimum Gasteiger partial charge on any atom is -0.355 e. The highest BCUT2D eigenvalue weighted by Gasteiger charge is 2.42. The number of hydrogen-bond donors (Lipinski definition) is 2. The van der Waals surface area contributed by atoms with Gasteiger partial charge in [-0.05, 0) is 37.6 Å². The van der Waals surface area contributed by atoms with Gasteiger partial charge in [0.15, 0.2) is 0 Å². The molecule has 2 aliphatic rings. The van der Waals surface area contributed by atoms with Crippen LogP contribution in [0.3, 0.4) is 0 Å². The van der Waals surface area contributed by atoms with Crippen LogP contribution in [-0.4, -0.2) is 25.0 Å². The van der Waals surface area contributed by atoms with Crippen LogP contribution < -0.4 is 10.6 Å². The van der Waals surface area contributed by atoms with Gasteiger partial charge in [0, 0.05) is 6.54 Å². The lowest BCUT2D eigenvalue weighted by atomic mass is 9.93. The van der Waals surface area contributed by atoms with E-state index in [1.54, 1.807) is 0 Å². The average Bonchev–Trinajstić information content (AvgIpc) is 2.78. The molecule has 3 atom stereocenters. The Bertz CT molecular complexity index is 230. The summed E-state index contributed by atoms with van der Waals surface area (Å²) in [5.41, 5.74) is 0. The molecule has 0 radical (unpaired) electrons. The Labute approximate surface area is 92.0 Å². The Balaban J connectivity index is 1.80. The summed E-state index contributed by atoms with van der Waals surface area (Å²) in [5, 5.41) is 6.41. The lowest BCUT2D eigenvalue weighted by Crippen LogP contribution is -2.44. The maximum atomic E-state index is 11.9. The van der Waals surface area contributed by atoms with Crippen molar-refractivity contribution in [1.29, 1.82) is 0 Å². The molecule has 0 bridgehead atoms. The maximum absolute atomic E-state index is 11.9. The van der Waals surface area contributed by atoms with Crippen LogP contribution in [0.5, 0.6) is 0 Å². The molecule has 1 aliphatic heterocycles. The number of amides is 1. The number of rotatable bonds is 4. The summed E-state index contributed by atoms with van der Waals surface area (Å²) in [7, 11) is 0. The highest BCUT2D eigenvalue weighted by molar-refractivity contribution is 5.82. The van der Waals surface area contributed by atoms with Gasteiger partial charge in [-0.1, -0.05) is 19.8 Å². The third-order valence-electron chi connectivity index (χ3n) is 3.86. The molecule has 1 amide bonds. The molecule has 1 heterocycles. The molecule has 1 saturated carbocycles. The van der Waals surface area contributed by atoms with E-state index in [0.717, 1.165) is 31.8 Å². The molecule has 0 aromatic rings. The summed E-state index contributed by atoms with van der Waals surface area (Å²) < 4.78 is 0. The Morgan fingerprint density at radius 1 is 1.47 bits per heavy atom. The van der Waals surface area contributed by atoms with E-state index in [2.05, 4.69) is 17.6 Å². The molecule has 3 heteroatoms. The summed E-state index contributed by atoms with van der Waals surface area (Å²) >= 11 is 0. The molecule has 1 aliphatic carbocycles. The second-order valence-corrected chi connectivity index (χ2v) is 4.89. The predicted octanol–water partition coefficient (Wildman–Crippen LogP) is 1.29. The van der Waals surface area contributed by atoms with Crippen LogP contribution in [0.4, 0.5) is 0 Å². The summed E-state index contributed by atoms with van der Waals surface area (Å²) in [6, 6.07) is 0.106. The zero-order valence-corrected chi connectivity index (χ0v) is 9.59. The monoisotopic (exact) mass is 210 g/mol. The second-order valence-electron chi connectivity index (χ2n) is 4.89. The van der Waals surface area contributed by atoms with Crippen molar-refractivity contribution in [1.82, 2.24) is 10.6 Å². The molecule has 2 fully saturated rings. The van der Waals surface area contributed by atoms with E-state index in [9.17, 15) is 4.79 Å². The van der Waals surface area contributed by atoms with Gasteiger partial charge in [-0.2, -0.15) is 0 Å². The van der Waals surface area contributed by atoms with Crippen molar-refractivity contribution < 1.29 is 4.79 Å². The second kappa shape index (κ2) is 4.97. The van der Waals surface area contributed by atoms with Crippen molar-refractivity contribution in [3.8, 4) is 0 Å².